The van der Waals surface area contributed by atoms with E-state index in [-0.39, 0.29) is 29.4 Å². The van der Waals surface area contributed by atoms with Crippen molar-refractivity contribution in [3.63, 3.8) is 0 Å². The second-order valence-electron chi connectivity index (χ2n) is 5.66. The molecule has 0 aliphatic carbocycles. The lowest BCUT2D eigenvalue weighted by atomic mass is 9.86. The normalized spacial score (nSPS) is 37.4. The van der Waals surface area contributed by atoms with E-state index >= 15 is 0 Å². The van der Waals surface area contributed by atoms with E-state index in [0.29, 0.717) is 13.0 Å². The minimum absolute atomic E-state index is 0.107. The Morgan fingerprint density at radius 1 is 1.53 bits per heavy atom. The fourth-order valence-electron chi connectivity index (χ4n) is 2.95. The summed E-state index contributed by atoms with van der Waals surface area (Å²) in [4.78, 5) is 12.9. The van der Waals surface area contributed by atoms with Gasteiger partial charge in [-0.15, -0.1) is 0 Å². The molecule has 0 aromatic rings. The molecule has 0 spiro atoms. The minimum Gasteiger partial charge on any atom is -0.481 e. The molecule has 98 valence electrons. The van der Waals surface area contributed by atoms with E-state index in [2.05, 4.69) is 4.90 Å². The number of hydrogen-bond donors (Lipinski definition) is 1. The van der Waals surface area contributed by atoms with Crippen LogP contribution in [-0.4, -0.2) is 55.0 Å². The molecule has 2 aliphatic heterocycles. The number of carboxylic acid groups (broad SMARTS) is 1. The SMILES string of the molecule is CC1(CC(=O)O)CCN(C2CCS(=O)(=O)C2)C1. The molecule has 6 heteroatoms. The van der Waals surface area contributed by atoms with Crippen LogP contribution in [0.5, 0.6) is 0 Å². The average Bonchev–Trinajstić information content (AvgIpc) is 2.68. The predicted octanol–water partition coefficient (Wildman–Crippen LogP) is 0.360. The van der Waals surface area contributed by atoms with E-state index in [1.807, 2.05) is 6.92 Å². The molecule has 1 N–H and O–H groups in total. The van der Waals surface area contributed by atoms with Gasteiger partial charge < -0.3 is 5.11 Å². The Bertz CT molecular complexity index is 419. The lowest BCUT2D eigenvalue weighted by Crippen LogP contribution is -2.36. The highest BCUT2D eigenvalue weighted by molar-refractivity contribution is 7.91. The second kappa shape index (κ2) is 4.24. The van der Waals surface area contributed by atoms with Gasteiger partial charge in [0.25, 0.3) is 0 Å². The van der Waals surface area contributed by atoms with Gasteiger partial charge in [0.15, 0.2) is 9.84 Å². The summed E-state index contributed by atoms with van der Waals surface area (Å²) in [5.74, 6) is -0.242. The number of rotatable bonds is 3. The molecule has 0 aromatic heterocycles. The largest absolute Gasteiger partial charge is 0.481 e. The second-order valence-corrected chi connectivity index (χ2v) is 7.89. The fourth-order valence-corrected chi connectivity index (χ4v) is 4.71. The van der Waals surface area contributed by atoms with Crippen LogP contribution in [0.25, 0.3) is 0 Å². The molecule has 2 atom stereocenters. The topological polar surface area (TPSA) is 74.7 Å². The summed E-state index contributed by atoms with van der Waals surface area (Å²) in [5.41, 5.74) is -0.196. The van der Waals surface area contributed by atoms with Gasteiger partial charge >= 0.3 is 5.97 Å². The van der Waals surface area contributed by atoms with Gasteiger partial charge in [-0.1, -0.05) is 6.92 Å². The van der Waals surface area contributed by atoms with Crippen LogP contribution in [-0.2, 0) is 14.6 Å². The van der Waals surface area contributed by atoms with Crippen LogP contribution in [0.2, 0.25) is 0 Å². The van der Waals surface area contributed by atoms with Gasteiger partial charge in [0.05, 0.1) is 17.9 Å². The van der Waals surface area contributed by atoms with E-state index < -0.39 is 15.8 Å². The Labute approximate surface area is 102 Å². The Morgan fingerprint density at radius 2 is 2.24 bits per heavy atom. The number of nitrogens with zero attached hydrogens (tertiary/aromatic N) is 1. The number of hydrogen-bond acceptors (Lipinski definition) is 4. The van der Waals surface area contributed by atoms with Crippen LogP contribution in [0.15, 0.2) is 0 Å². The maximum atomic E-state index is 11.4. The molecule has 2 fully saturated rings. The summed E-state index contributed by atoms with van der Waals surface area (Å²) < 4.78 is 22.8. The van der Waals surface area contributed by atoms with Gasteiger partial charge in [0.2, 0.25) is 0 Å². The number of sulfone groups is 1. The van der Waals surface area contributed by atoms with Gasteiger partial charge in [-0.25, -0.2) is 8.42 Å². The Balaban J connectivity index is 1.96. The molecule has 17 heavy (non-hydrogen) atoms. The standard InChI is InChI=1S/C11H19NO4S/c1-11(6-10(13)14)3-4-12(8-11)9-2-5-17(15,16)7-9/h9H,2-8H2,1H3,(H,13,14). The first kappa shape index (κ1) is 12.8. The van der Waals surface area contributed by atoms with Crippen molar-refractivity contribution in [3.05, 3.63) is 0 Å². The molecule has 0 bridgehead atoms. The molecular formula is C11H19NO4S. The molecule has 2 aliphatic rings. The third-order valence-corrected chi connectivity index (χ3v) is 5.64. The Kier molecular flexibility index (Phi) is 3.20. The number of aliphatic carboxylic acids is 1. The third-order valence-electron chi connectivity index (χ3n) is 3.89. The first-order valence-corrected chi connectivity index (χ1v) is 7.78. The van der Waals surface area contributed by atoms with Crippen LogP contribution in [0, 0.1) is 5.41 Å². The zero-order valence-corrected chi connectivity index (χ0v) is 10.9. The molecule has 2 heterocycles. The molecular weight excluding hydrogens is 242 g/mol. The first-order chi connectivity index (χ1) is 7.80. The van der Waals surface area contributed by atoms with E-state index in [9.17, 15) is 13.2 Å². The van der Waals surface area contributed by atoms with Gasteiger partial charge in [-0.05, 0) is 24.8 Å². The average molecular weight is 261 g/mol. The lowest BCUT2D eigenvalue weighted by Gasteiger charge is -2.26. The highest BCUT2D eigenvalue weighted by Gasteiger charge is 2.41. The van der Waals surface area contributed by atoms with Gasteiger partial charge in [-0.3, -0.25) is 9.69 Å². The maximum absolute atomic E-state index is 11.4. The first-order valence-electron chi connectivity index (χ1n) is 5.96. The molecule has 5 nitrogen and oxygen atoms in total. The molecule has 2 saturated heterocycles. The van der Waals surface area contributed by atoms with Crippen molar-refractivity contribution < 1.29 is 18.3 Å². The van der Waals surface area contributed by atoms with Crippen LogP contribution < -0.4 is 0 Å². The van der Waals surface area contributed by atoms with E-state index in [0.717, 1.165) is 13.0 Å². The van der Waals surface area contributed by atoms with Crippen LogP contribution in [0.1, 0.15) is 26.2 Å². The Morgan fingerprint density at radius 3 is 2.76 bits per heavy atom. The van der Waals surface area contributed by atoms with Crippen molar-refractivity contribution in [1.82, 2.24) is 4.90 Å². The van der Waals surface area contributed by atoms with E-state index in [4.69, 9.17) is 5.11 Å². The summed E-state index contributed by atoms with van der Waals surface area (Å²) in [5, 5.41) is 8.86. The zero-order valence-electron chi connectivity index (χ0n) is 10.1. The number of likely N-dealkylation sites (tertiary alicyclic amines) is 1. The van der Waals surface area contributed by atoms with Crippen LogP contribution in [0.4, 0.5) is 0 Å². The highest BCUT2D eigenvalue weighted by Crippen LogP contribution is 2.36. The van der Waals surface area contributed by atoms with Crippen molar-refractivity contribution in [3.8, 4) is 0 Å². The van der Waals surface area contributed by atoms with Crippen molar-refractivity contribution >= 4 is 15.8 Å². The number of carboxylic acids is 1. The van der Waals surface area contributed by atoms with Crippen molar-refractivity contribution in [2.75, 3.05) is 24.6 Å². The Hall–Kier alpha value is -0.620. The summed E-state index contributed by atoms with van der Waals surface area (Å²) in [6, 6.07) is 0.107. The quantitative estimate of drug-likeness (QED) is 0.794. The molecule has 0 radical (unpaired) electrons. The molecule has 0 amide bonds. The maximum Gasteiger partial charge on any atom is 0.303 e. The molecule has 2 rings (SSSR count). The molecule has 2 unspecified atom stereocenters. The lowest BCUT2D eigenvalue weighted by molar-refractivity contribution is -0.139. The summed E-state index contributed by atoms with van der Waals surface area (Å²) in [6.45, 7) is 3.51. The van der Waals surface area contributed by atoms with Gasteiger partial charge in [0, 0.05) is 12.6 Å². The minimum atomic E-state index is -2.85. The fraction of sp³-hybridized carbons (Fsp3) is 0.909. The summed E-state index contributed by atoms with van der Waals surface area (Å²) in [7, 11) is -2.85. The van der Waals surface area contributed by atoms with Crippen LogP contribution in [0.3, 0.4) is 0 Å². The van der Waals surface area contributed by atoms with Gasteiger partial charge in [0.1, 0.15) is 0 Å². The van der Waals surface area contributed by atoms with Crippen molar-refractivity contribution in [2.45, 2.75) is 32.2 Å². The van der Waals surface area contributed by atoms with Crippen molar-refractivity contribution in [2.24, 2.45) is 5.41 Å². The molecule has 0 saturated carbocycles. The van der Waals surface area contributed by atoms with Crippen molar-refractivity contribution in [1.29, 1.82) is 0 Å². The number of carbonyl (C=O) groups is 1. The highest BCUT2D eigenvalue weighted by atomic mass is 32.2. The van der Waals surface area contributed by atoms with Gasteiger partial charge in [-0.2, -0.15) is 0 Å². The third kappa shape index (κ3) is 2.98. The van der Waals surface area contributed by atoms with E-state index in [1.54, 1.807) is 0 Å². The predicted molar refractivity (Wildman–Crippen MR) is 63.6 cm³/mol. The monoisotopic (exact) mass is 261 g/mol. The summed E-state index contributed by atoms with van der Waals surface area (Å²) >= 11 is 0. The zero-order chi connectivity index (χ0) is 12.7. The summed E-state index contributed by atoms with van der Waals surface area (Å²) in [6.07, 6.45) is 1.71. The smallest absolute Gasteiger partial charge is 0.303 e. The van der Waals surface area contributed by atoms with Crippen LogP contribution >= 0.6 is 0 Å². The molecule has 0 aromatic carbocycles. The van der Waals surface area contributed by atoms with E-state index in [1.165, 1.54) is 0 Å².